The Labute approximate surface area is 100 Å². The van der Waals surface area contributed by atoms with Crippen molar-refractivity contribution < 1.29 is 4.74 Å². The molecule has 0 radical (unpaired) electrons. The van der Waals surface area contributed by atoms with E-state index in [2.05, 4.69) is 18.7 Å². The third kappa shape index (κ3) is 3.44. The summed E-state index contributed by atoms with van der Waals surface area (Å²) < 4.78 is 5.58. The van der Waals surface area contributed by atoms with E-state index in [1.54, 1.807) is 0 Å². The number of rotatable bonds is 8. The third-order valence-corrected chi connectivity index (χ3v) is 3.91. The molecule has 0 aromatic rings. The Morgan fingerprint density at radius 3 is 2.44 bits per heavy atom. The number of hydrogen-bond acceptors (Lipinski definition) is 3. The molecule has 1 saturated carbocycles. The van der Waals surface area contributed by atoms with Gasteiger partial charge in [-0.1, -0.05) is 13.3 Å². The molecule has 0 spiro atoms. The van der Waals surface area contributed by atoms with Crippen LogP contribution in [0.2, 0.25) is 0 Å². The maximum atomic E-state index is 5.94. The Balaban J connectivity index is 2.50. The average Bonchev–Trinajstić information content (AvgIpc) is 2.24. The number of hydrogen-bond donors (Lipinski definition) is 1. The lowest BCUT2D eigenvalue weighted by atomic mass is 9.84. The van der Waals surface area contributed by atoms with Crippen LogP contribution in [0.15, 0.2) is 0 Å². The molecule has 1 aliphatic rings. The Bertz CT molecular complexity index is 194. The van der Waals surface area contributed by atoms with Crippen LogP contribution in [-0.2, 0) is 4.74 Å². The first-order chi connectivity index (χ1) is 7.66. The molecule has 3 nitrogen and oxygen atoms in total. The van der Waals surface area contributed by atoms with Crippen LogP contribution in [0.4, 0.5) is 0 Å². The summed E-state index contributed by atoms with van der Waals surface area (Å²) in [6.07, 6.45) is 4.20. The highest BCUT2D eigenvalue weighted by atomic mass is 16.5. The molecule has 1 atom stereocenters. The first-order valence-electron chi connectivity index (χ1n) is 6.69. The van der Waals surface area contributed by atoms with Crippen molar-refractivity contribution >= 4 is 0 Å². The van der Waals surface area contributed by atoms with Crippen molar-refractivity contribution in [2.45, 2.75) is 45.6 Å². The lowest BCUT2D eigenvalue weighted by Crippen LogP contribution is -2.56. The quantitative estimate of drug-likeness (QED) is 0.689. The monoisotopic (exact) mass is 228 g/mol. The summed E-state index contributed by atoms with van der Waals surface area (Å²) in [6.45, 7) is 10.9. The normalized spacial score (nSPS) is 20.8. The van der Waals surface area contributed by atoms with Gasteiger partial charge >= 0.3 is 0 Å². The topological polar surface area (TPSA) is 38.5 Å². The second-order valence-corrected chi connectivity index (χ2v) is 5.17. The summed E-state index contributed by atoms with van der Waals surface area (Å²) in [7, 11) is 0. The fourth-order valence-electron chi connectivity index (χ4n) is 2.32. The summed E-state index contributed by atoms with van der Waals surface area (Å²) in [5.41, 5.74) is 5.95. The second kappa shape index (κ2) is 6.58. The SMILES string of the molecule is CCOCC(C)(CN)N(CC)CC1CCC1. The van der Waals surface area contributed by atoms with Gasteiger partial charge in [-0.05, 0) is 39.2 Å². The van der Waals surface area contributed by atoms with Crippen molar-refractivity contribution in [3.8, 4) is 0 Å². The molecule has 96 valence electrons. The number of nitrogens with zero attached hydrogens (tertiary/aromatic N) is 1. The zero-order valence-electron chi connectivity index (χ0n) is 11.2. The summed E-state index contributed by atoms with van der Waals surface area (Å²) >= 11 is 0. The van der Waals surface area contributed by atoms with E-state index in [1.165, 1.54) is 25.8 Å². The number of nitrogens with two attached hydrogens (primary N) is 1. The fourth-order valence-corrected chi connectivity index (χ4v) is 2.32. The van der Waals surface area contributed by atoms with E-state index in [0.29, 0.717) is 6.54 Å². The molecule has 0 saturated heterocycles. The van der Waals surface area contributed by atoms with Crippen molar-refractivity contribution in [1.29, 1.82) is 0 Å². The Kier molecular flexibility index (Phi) is 5.73. The molecular weight excluding hydrogens is 200 g/mol. The molecule has 1 rings (SSSR count). The molecule has 0 amide bonds. The summed E-state index contributed by atoms with van der Waals surface area (Å²) in [4.78, 5) is 2.51. The van der Waals surface area contributed by atoms with Gasteiger partial charge in [0, 0.05) is 19.7 Å². The zero-order chi connectivity index (χ0) is 12.0. The summed E-state index contributed by atoms with van der Waals surface area (Å²) in [5, 5.41) is 0. The highest BCUT2D eigenvalue weighted by Crippen LogP contribution is 2.29. The standard InChI is InChI=1S/C13H28N2O/c1-4-15(9-12-7-6-8-12)13(3,10-14)11-16-5-2/h12H,4-11,14H2,1-3H3. The number of likely N-dealkylation sites (N-methyl/N-ethyl adjacent to an activating group) is 1. The van der Waals surface area contributed by atoms with Gasteiger partial charge in [-0.25, -0.2) is 0 Å². The van der Waals surface area contributed by atoms with Gasteiger partial charge in [0.1, 0.15) is 0 Å². The van der Waals surface area contributed by atoms with Crippen LogP contribution in [-0.4, -0.2) is 43.3 Å². The van der Waals surface area contributed by atoms with Gasteiger partial charge in [0.25, 0.3) is 0 Å². The largest absolute Gasteiger partial charge is 0.380 e. The predicted octanol–water partition coefficient (Wildman–Crippen LogP) is 1.86. The van der Waals surface area contributed by atoms with Gasteiger partial charge in [-0.3, -0.25) is 4.90 Å². The first-order valence-corrected chi connectivity index (χ1v) is 6.69. The van der Waals surface area contributed by atoms with E-state index in [1.807, 2.05) is 6.92 Å². The summed E-state index contributed by atoms with van der Waals surface area (Å²) in [6, 6.07) is 0. The molecule has 0 heterocycles. The van der Waals surface area contributed by atoms with Gasteiger partial charge < -0.3 is 10.5 Å². The van der Waals surface area contributed by atoms with Crippen molar-refractivity contribution in [1.82, 2.24) is 4.90 Å². The van der Waals surface area contributed by atoms with Crippen LogP contribution in [0, 0.1) is 5.92 Å². The predicted molar refractivity (Wildman–Crippen MR) is 68.5 cm³/mol. The van der Waals surface area contributed by atoms with Crippen molar-refractivity contribution in [2.75, 3.05) is 32.8 Å². The van der Waals surface area contributed by atoms with E-state index >= 15 is 0 Å². The Morgan fingerprint density at radius 1 is 1.38 bits per heavy atom. The smallest absolute Gasteiger partial charge is 0.0659 e. The minimum absolute atomic E-state index is 0.0142. The lowest BCUT2D eigenvalue weighted by Gasteiger charge is -2.43. The lowest BCUT2D eigenvalue weighted by molar-refractivity contribution is -0.00149. The van der Waals surface area contributed by atoms with Crippen LogP contribution in [0.3, 0.4) is 0 Å². The van der Waals surface area contributed by atoms with Gasteiger partial charge in [-0.15, -0.1) is 0 Å². The molecule has 0 bridgehead atoms. The van der Waals surface area contributed by atoms with E-state index in [0.717, 1.165) is 25.7 Å². The Hall–Kier alpha value is -0.120. The fraction of sp³-hybridized carbons (Fsp3) is 1.00. The van der Waals surface area contributed by atoms with Gasteiger partial charge in [-0.2, -0.15) is 0 Å². The molecule has 1 unspecified atom stereocenters. The van der Waals surface area contributed by atoms with Crippen LogP contribution < -0.4 is 5.73 Å². The molecule has 2 N–H and O–H groups in total. The maximum absolute atomic E-state index is 5.94. The van der Waals surface area contributed by atoms with Crippen molar-refractivity contribution in [2.24, 2.45) is 11.7 Å². The van der Waals surface area contributed by atoms with E-state index in [-0.39, 0.29) is 5.54 Å². The molecule has 0 aromatic heterocycles. The third-order valence-electron chi connectivity index (χ3n) is 3.91. The molecule has 0 aliphatic heterocycles. The minimum Gasteiger partial charge on any atom is -0.380 e. The van der Waals surface area contributed by atoms with E-state index in [9.17, 15) is 0 Å². The van der Waals surface area contributed by atoms with Gasteiger partial charge in [0.15, 0.2) is 0 Å². The summed E-state index contributed by atoms with van der Waals surface area (Å²) in [5.74, 6) is 0.896. The first kappa shape index (κ1) is 13.9. The molecule has 0 aromatic carbocycles. The van der Waals surface area contributed by atoms with Crippen molar-refractivity contribution in [3.63, 3.8) is 0 Å². The zero-order valence-corrected chi connectivity index (χ0v) is 11.2. The van der Waals surface area contributed by atoms with Gasteiger partial charge in [0.05, 0.1) is 12.1 Å². The molecular formula is C13H28N2O. The molecule has 1 fully saturated rings. The van der Waals surface area contributed by atoms with E-state index < -0.39 is 0 Å². The molecule has 3 heteroatoms. The van der Waals surface area contributed by atoms with Gasteiger partial charge in [0.2, 0.25) is 0 Å². The second-order valence-electron chi connectivity index (χ2n) is 5.17. The van der Waals surface area contributed by atoms with E-state index in [4.69, 9.17) is 10.5 Å². The minimum atomic E-state index is 0.0142. The molecule has 1 aliphatic carbocycles. The van der Waals surface area contributed by atoms with Crippen LogP contribution >= 0.6 is 0 Å². The van der Waals surface area contributed by atoms with Crippen LogP contribution in [0.1, 0.15) is 40.0 Å². The average molecular weight is 228 g/mol. The maximum Gasteiger partial charge on any atom is 0.0659 e. The van der Waals surface area contributed by atoms with Crippen LogP contribution in [0.5, 0.6) is 0 Å². The van der Waals surface area contributed by atoms with Crippen LogP contribution in [0.25, 0.3) is 0 Å². The highest BCUT2D eigenvalue weighted by Gasteiger charge is 2.32. The highest BCUT2D eigenvalue weighted by molar-refractivity contribution is 4.89. The van der Waals surface area contributed by atoms with Crippen molar-refractivity contribution in [3.05, 3.63) is 0 Å². The number of ether oxygens (including phenoxy) is 1. The Morgan fingerprint density at radius 2 is 2.06 bits per heavy atom. The molecule has 16 heavy (non-hydrogen) atoms.